The van der Waals surface area contributed by atoms with Crippen molar-refractivity contribution in [1.29, 1.82) is 0 Å². The van der Waals surface area contributed by atoms with Crippen molar-refractivity contribution >= 4 is 23.3 Å². The molecule has 2 saturated carbocycles. The van der Waals surface area contributed by atoms with Crippen molar-refractivity contribution in [3.8, 4) is 0 Å². The van der Waals surface area contributed by atoms with E-state index in [4.69, 9.17) is 17.3 Å². The van der Waals surface area contributed by atoms with E-state index in [1.54, 1.807) is 18.1 Å². The lowest BCUT2D eigenvalue weighted by Crippen LogP contribution is -2.70. The molecule has 9 nitrogen and oxygen atoms in total. The minimum absolute atomic E-state index is 0.00443. The molecule has 1 amide bonds. The number of nitrogens with zero attached hydrogens (tertiary/aromatic N) is 3. The molecular formula is C23H33ClF2N8O. The van der Waals surface area contributed by atoms with Crippen LogP contribution in [0.3, 0.4) is 0 Å². The van der Waals surface area contributed by atoms with Crippen molar-refractivity contribution < 1.29 is 13.6 Å². The zero-order valence-electron chi connectivity index (χ0n) is 19.7. The van der Waals surface area contributed by atoms with Gasteiger partial charge in [-0.25, -0.2) is 24.6 Å². The number of carbonyl (C=O) groups excluding carboxylic acids is 1. The highest BCUT2D eigenvalue weighted by molar-refractivity contribution is 6.33. The van der Waals surface area contributed by atoms with Gasteiger partial charge in [0, 0.05) is 51.3 Å². The molecule has 4 unspecified atom stereocenters. The molecule has 4 heterocycles. The average molecular weight is 511 g/mol. The monoisotopic (exact) mass is 510 g/mol. The Kier molecular flexibility index (Phi) is 5.74. The molecule has 0 aromatic carbocycles. The molecule has 0 bridgehead atoms. The molecule has 12 heteroatoms. The average Bonchev–Trinajstić information content (AvgIpc) is 3.48. The van der Waals surface area contributed by atoms with Gasteiger partial charge in [0.15, 0.2) is 0 Å². The van der Waals surface area contributed by atoms with Crippen LogP contribution in [0.1, 0.15) is 50.1 Å². The first-order chi connectivity index (χ1) is 16.7. The number of hydrazine groups is 1. The summed E-state index contributed by atoms with van der Waals surface area (Å²) >= 11 is 6.71. The molecule has 35 heavy (non-hydrogen) atoms. The number of anilines is 1. The summed E-state index contributed by atoms with van der Waals surface area (Å²) in [5.41, 5.74) is 13.0. The fraction of sp³-hybridized carbons (Fsp3) is 0.739. The fourth-order valence-corrected chi connectivity index (χ4v) is 6.75. The predicted octanol–water partition coefficient (Wildman–Crippen LogP) is 1.58. The van der Waals surface area contributed by atoms with Crippen LogP contribution < -0.4 is 27.2 Å². The number of fused-ring (bicyclic) bond motifs is 1. The molecule has 5 aliphatic rings. The van der Waals surface area contributed by atoms with Gasteiger partial charge in [-0.15, -0.1) is 0 Å². The second kappa shape index (κ2) is 8.46. The molecule has 1 spiro atoms. The summed E-state index contributed by atoms with van der Waals surface area (Å²) in [4.78, 5) is 21.9. The number of pyridine rings is 1. The Hall–Kier alpha value is -1.63. The van der Waals surface area contributed by atoms with E-state index in [9.17, 15) is 13.6 Å². The number of halogens is 3. The Balaban J connectivity index is 1.16. The quantitative estimate of drug-likeness (QED) is 0.415. The first-order valence-corrected chi connectivity index (χ1v) is 12.9. The van der Waals surface area contributed by atoms with Crippen molar-refractivity contribution in [1.82, 2.24) is 31.0 Å². The van der Waals surface area contributed by atoms with E-state index in [-0.39, 0.29) is 37.2 Å². The molecule has 0 radical (unpaired) electrons. The lowest BCUT2D eigenvalue weighted by atomic mass is 9.74. The van der Waals surface area contributed by atoms with Gasteiger partial charge >= 0.3 is 0 Å². The second-order valence-electron chi connectivity index (χ2n) is 11.0. The number of amides is 1. The minimum atomic E-state index is -2.68. The van der Waals surface area contributed by atoms with Crippen molar-refractivity contribution in [2.45, 2.75) is 75.0 Å². The normalized spacial score (nSPS) is 36.5. The van der Waals surface area contributed by atoms with Crippen LogP contribution in [0.15, 0.2) is 12.3 Å². The highest BCUT2D eigenvalue weighted by Gasteiger charge is 2.56. The standard InChI is InChI=1S/C23H33ClF2N8O/c1-33-20(35)15-17(13-4-7-28-19(16(13)24)29-12-2-3-12)31-32-18(15)30-21(33)34-8-5-22(6-9-34)11-23(25,26)10-14(22)27/h4,7,12,14-15,17-18,21,30-32H,2-3,5-6,8-11,27H2,1H3,(H,28,29)/t14-,15?,17?,18?,21?/m1/s1. The van der Waals surface area contributed by atoms with Crippen LogP contribution in [0.4, 0.5) is 14.6 Å². The maximum atomic E-state index is 14.0. The number of nitrogens with one attached hydrogen (secondary N) is 4. The number of carbonyl (C=O) groups is 1. The van der Waals surface area contributed by atoms with Crippen LogP contribution in [0.5, 0.6) is 0 Å². The van der Waals surface area contributed by atoms with Gasteiger partial charge in [-0.2, -0.15) is 0 Å². The third-order valence-corrected chi connectivity index (χ3v) is 9.07. The summed E-state index contributed by atoms with van der Waals surface area (Å²) in [5, 5.41) is 7.44. The summed E-state index contributed by atoms with van der Waals surface area (Å²) in [6, 6.07) is 1.47. The molecule has 6 rings (SSSR count). The van der Waals surface area contributed by atoms with Crippen LogP contribution in [-0.4, -0.2) is 71.3 Å². The van der Waals surface area contributed by atoms with Gasteiger partial charge in [-0.05, 0) is 42.7 Å². The van der Waals surface area contributed by atoms with E-state index >= 15 is 0 Å². The number of likely N-dealkylation sites (tertiary alicyclic amines) is 1. The van der Waals surface area contributed by atoms with Crippen LogP contribution in [0, 0.1) is 11.3 Å². The van der Waals surface area contributed by atoms with Crippen molar-refractivity contribution in [3.63, 3.8) is 0 Å². The van der Waals surface area contributed by atoms with Crippen molar-refractivity contribution in [2.75, 3.05) is 25.5 Å². The third kappa shape index (κ3) is 4.10. The van der Waals surface area contributed by atoms with Gasteiger partial charge in [0.2, 0.25) is 11.8 Å². The first-order valence-electron chi connectivity index (χ1n) is 12.5. The van der Waals surface area contributed by atoms with Gasteiger partial charge in [0.25, 0.3) is 0 Å². The number of hydrogen-bond donors (Lipinski definition) is 5. The van der Waals surface area contributed by atoms with Crippen molar-refractivity contribution in [2.24, 2.45) is 17.1 Å². The number of piperidine rings is 1. The summed E-state index contributed by atoms with van der Waals surface area (Å²) in [5.74, 6) is -2.43. The van der Waals surface area contributed by atoms with Crippen molar-refractivity contribution in [3.05, 3.63) is 22.8 Å². The maximum Gasteiger partial charge on any atom is 0.250 e. The number of hydrogen-bond acceptors (Lipinski definition) is 8. The van der Waals surface area contributed by atoms with Gasteiger partial charge < -0.3 is 16.0 Å². The molecule has 3 saturated heterocycles. The van der Waals surface area contributed by atoms with Crippen LogP contribution >= 0.6 is 11.6 Å². The molecule has 5 atom stereocenters. The van der Waals surface area contributed by atoms with Gasteiger partial charge in [-0.1, -0.05) is 11.6 Å². The highest BCUT2D eigenvalue weighted by atomic mass is 35.5. The molecule has 1 aromatic rings. The first kappa shape index (κ1) is 23.7. The topological polar surface area (TPSA) is 111 Å². The van der Waals surface area contributed by atoms with Crippen LogP contribution in [0.2, 0.25) is 5.02 Å². The molecule has 3 aliphatic heterocycles. The number of rotatable bonds is 4. The molecule has 2 aliphatic carbocycles. The van der Waals surface area contributed by atoms with Gasteiger partial charge in [-0.3, -0.25) is 15.0 Å². The Labute approximate surface area is 208 Å². The molecular weight excluding hydrogens is 478 g/mol. The van der Waals surface area contributed by atoms with Gasteiger partial charge in [0.1, 0.15) is 12.1 Å². The summed E-state index contributed by atoms with van der Waals surface area (Å²) in [7, 11) is 1.79. The Bertz CT molecular complexity index is 1000. The maximum absolute atomic E-state index is 14.0. The molecule has 1 aromatic heterocycles. The van der Waals surface area contributed by atoms with E-state index < -0.39 is 23.3 Å². The SMILES string of the molecule is CN1C(=O)C2C(NNC2c2ccnc(NC3CC3)c2Cl)NC1N1CCC2(CC1)CC(F)(F)C[C@H]2N. The fourth-order valence-electron chi connectivity index (χ4n) is 6.47. The predicted molar refractivity (Wildman–Crippen MR) is 127 cm³/mol. The smallest absolute Gasteiger partial charge is 0.250 e. The largest absolute Gasteiger partial charge is 0.366 e. The van der Waals surface area contributed by atoms with E-state index in [0.717, 1.165) is 18.4 Å². The second-order valence-corrected chi connectivity index (χ2v) is 11.4. The van der Waals surface area contributed by atoms with E-state index in [0.29, 0.717) is 42.8 Å². The minimum Gasteiger partial charge on any atom is -0.366 e. The van der Waals surface area contributed by atoms with Crippen LogP contribution in [-0.2, 0) is 4.79 Å². The van der Waals surface area contributed by atoms with E-state index in [2.05, 4.69) is 31.4 Å². The number of aromatic nitrogens is 1. The Morgan fingerprint density at radius 3 is 2.66 bits per heavy atom. The zero-order chi connectivity index (χ0) is 24.5. The molecule has 192 valence electrons. The van der Waals surface area contributed by atoms with E-state index in [1.807, 2.05) is 6.07 Å². The summed E-state index contributed by atoms with van der Waals surface area (Å²) < 4.78 is 28.1. The zero-order valence-corrected chi connectivity index (χ0v) is 20.5. The molecule has 6 N–H and O–H groups in total. The Morgan fingerprint density at radius 2 is 2.00 bits per heavy atom. The lowest BCUT2D eigenvalue weighted by Gasteiger charge is -2.50. The molecule has 5 fully saturated rings. The van der Waals surface area contributed by atoms with Gasteiger partial charge in [0.05, 0.1) is 23.1 Å². The highest BCUT2D eigenvalue weighted by Crippen LogP contribution is 2.52. The summed E-state index contributed by atoms with van der Waals surface area (Å²) in [6.07, 6.45) is 4.15. The van der Waals surface area contributed by atoms with E-state index in [1.165, 1.54) is 0 Å². The lowest BCUT2D eigenvalue weighted by molar-refractivity contribution is -0.151. The van der Waals surface area contributed by atoms with Crippen LogP contribution in [0.25, 0.3) is 0 Å². The number of alkyl halides is 2. The summed E-state index contributed by atoms with van der Waals surface area (Å²) in [6.45, 7) is 1.22. The third-order valence-electron chi connectivity index (χ3n) is 8.67. The number of nitrogens with two attached hydrogens (primary N) is 1. The Morgan fingerprint density at radius 1 is 1.26 bits per heavy atom.